The number of halogens is 1. The molecule has 1 aliphatic heterocycles. The summed E-state index contributed by atoms with van der Waals surface area (Å²) in [5.41, 5.74) is 0.787. The van der Waals surface area contributed by atoms with Gasteiger partial charge in [0, 0.05) is 10.8 Å². The largest absolute Gasteiger partial charge is 0.496 e. The van der Waals surface area contributed by atoms with Crippen LogP contribution in [0.5, 0.6) is 11.5 Å². The number of anilines is 1. The van der Waals surface area contributed by atoms with Gasteiger partial charge in [-0.2, -0.15) is 0 Å². The molecule has 1 amide bonds. The second-order valence-electron chi connectivity index (χ2n) is 6.03. The summed E-state index contributed by atoms with van der Waals surface area (Å²) in [6, 6.07) is 16.2. The minimum Gasteiger partial charge on any atom is -0.496 e. The number of ether oxygens (including phenoxy) is 3. The van der Waals surface area contributed by atoms with Crippen LogP contribution < -0.4 is 14.8 Å². The number of nitrogens with zero attached hydrogens (tertiary/aromatic N) is 1. The van der Waals surface area contributed by atoms with Gasteiger partial charge in [-0.3, -0.25) is 4.79 Å². The van der Waals surface area contributed by atoms with E-state index >= 15 is 0 Å². The molecule has 6 nitrogen and oxygen atoms in total. The molecule has 1 heterocycles. The molecule has 142 valence electrons. The van der Waals surface area contributed by atoms with E-state index in [4.69, 9.17) is 25.8 Å². The van der Waals surface area contributed by atoms with Crippen LogP contribution in [0.3, 0.4) is 0 Å². The molecule has 0 saturated heterocycles. The zero-order chi connectivity index (χ0) is 19.5. The fraction of sp³-hybridized carbons (Fsp3) is 0.143. The number of benzene rings is 3. The fourth-order valence-electron chi connectivity index (χ4n) is 2.98. The van der Waals surface area contributed by atoms with E-state index in [1.54, 1.807) is 37.4 Å². The summed E-state index contributed by atoms with van der Waals surface area (Å²) in [7, 11) is 1.56. The van der Waals surface area contributed by atoms with Crippen LogP contribution in [0.25, 0.3) is 10.8 Å². The molecule has 0 unspecified atom stereocenters. The van der Waals surface area contributed by atoms with E-state index in [-0.39, 0.29) is 17.6 Å². The third kappa shape index (κ3) is 3.46. The number of fused-ring (bicyclic) bond motifs is 1. The lowest BCUT2D eigenvalue weighted by atomic mass is 10.0. The van der Waals surface area contributed by atoms with Crippen LogP contribution >= 0.6 is 11.6 Å². The first kappa shape index (κ1) is 18.1. The van der Waals surface area contributed by atoms with Crippen LogP contribution in [0.1, 0.15) is 10.4 Å². The molecule has 28 heavy (non-hydrogen) atoms. The van der Waals surface area contributed by atoms with Crippen molar-refractivity contribution in [2.24, 2.45) is 4.99 Å². The second-order valence-corrected chi connectivity index (χ2v) is 6.44. The summed E-state index contributed by atoms with van der Waals surface area (Å²) in [4.78, 5) is 17.3. The van der Waals surface area contributed by atoms with Gasteiger partial charge < -0.3 is 19.5 Å². The average Bonchev–Trinajstić information content (AvgIpc) is 3.23. The smallest absolute Gasteiger partial charge is 0.389 e. The van der Waals surface area contributed by atoms with Crippen molar-refractivity contribution in [2.45, 2.75) is 0 Å². The van der Waals surface area contributed by atoms with E-state index in [1.807, 2.05) is 24.3 Å². The molecule has 7 heteroatoms. The van der Waals surface area contributed by atoms with Gasteiger partial charge in [0.15, 0.2) is 5.75 Å². The van der Waals surface area contributed by atoms with Crippen LogP contribution in [0.4, 0.5) is 5.69 Å². The van der Waals surface area contributed by atoms with Crippen molar-refractivity contribution in [3.8, 4) is 11.5 Å². The van der Waals surface area contributed by atoms with Crippen molar-refractivity contribution in [3.05, 3.63) is 65.2 Å². The Balaban J connectivity index is 1.83. The van der Waals surface area contributed by atoms with Crippen molar-refractivity contribution in [1.29, 1.82) is 0 Å². The molecule has 4 rings (SSSR count). The SMILES string of the molecule is COc1cc(C(=O)Nc2ccccc2Cl)c(OC2=NCCO2)c2ccccc12. The van der Waals surface area contributed by atoms with Gasteiger partial charge in [0.1, 0.15) is 12.4 Å². The van der Waals surface area contributed by atoms with Gasteiger partial charge in [0.05, 0.1) is 29.9 Å². The Kier molecular flexibility index (Phi) is 5.04. The monoisotopic (exact) mass is 396 g/mol. The van der Waals surface area contributed by atoms with Crippen molar-refractivity contribution in [2.75, 3.05) is 25.6 Å². The van der Waals surface area contributed by atoms with Crippen LogP contribution in [-0.2, 0) is 4.74 Å². The Hall–Kier alpha value is -3.25. The number of carbonyl (C=O) groups excluding carboxylic acids is 1. The van der Waals surface area contributed by atoms with Gasteiger partial charge in [-0.05, 0) is 18.2 Å². The van der Waals surface area contributed by atoms with Gasteiger partial charge in [-0.25, -0.2) is 4.99 Å². The molecular weight excluding hydrogens is 380 g/mol. The fourth-order valence-corrected chi connectivity index (χ4v) is 3.16. The molecule has 0 aliphatic carbocycles. The number of aliphatic imine (C=N–C) groups is 1. The van der Waals surface area contributed by atoms with Gasteiger partial charge >= 0.3 is 6.08 Å². The molecule has 0 saturated carbocycles. The van der Waals surface area contributed by atoms with Gasteiger partial charge in [-0.1, -0.05) is 48.0 Å². The first-order valence-electron chi connectivity index (χ1n) is 8.68. The molecule has 0 radical (unpaired) electrons. The maximum Gasteiger partial charge on any atom is 0.389 e. The Morgan fingerprint density at radius 1 is 1.14 bits per heavy atom. The molecule has 0 aromatic heterocycles. The molecule has 3 aromatic carbocycles. The summed E-state index contributed by atoms with van der Waals surface area (Å²) in [6.07, 6.45) is 0.141. The average molecular weight is 397 g/mol. The molecule has 0 spiro atoms. The molecule has 0 fully saturated rings. The van der Waals surface area contributed by atoms with Gasteiger partial charge in [-0.15, -0.1) is 0 Å². The van der Waals surface area contributed by atoms with Crippen LogP contribution in [0.2, 0.25) is 5.02 Å². The third-order valence-corrected chi connectivity index (χ3v) is 4.62. The van der Waals surface area contributed by atoms with Crippen molar-refractivity contribution < 1.29 is 19.0 Å². The van der Waals surface area contributed by atoms with Crippen LogP contribution in [-0.4, -0.2) is 32.3 Å². The second kappa shape index (κ2) is 7.78. The highest BCUT2D eigenvalue weighted by Crippen LogP contribution is 2.37. The molecule has 0 bridgehead atoms. The summed E-state index contributed by atoms with van der Waals surface area (Å²) >= 11 is 6.18. The first-order valence-corrected chi connectivity index (χ1v) is 9.06. The van der Waals surface area contributed by atoms with Crippen molar-refractivity contribution in [1.82, 2.24) is 0 Å². The van der Waals surface area contributed by atoms with Crippen molar-refractivity contribution >= 4 is 40.1 Å². The zero-order valence-corrected chi connectivity index (χ0v) is 15.8. The highest BCUT2D eigenvalue weighted by Gasteiger charge is 2.23. The molecule has 1 aliphatic rings. The Morgan fingerprint density at radius 2 is 1.89 bits per heavy atom. The number of hydrogen-bond acceptors (Lipinski definition) is 5. The number of para-hydroxylation sites is 1. The number of rotatable bonds is 4. The topological polar surface area (TPSA) is 69.2 Å². The number of hydrogen-bond donors (Lipinski definition) is 1. The van der Waals surface area contributed by atoms with Crippen LogP contribution in [0.15, 0.2) is 59.6 Å². The summed E-state index contributed by atoms with van der Waals surface area (Å²) in [5.74, 6) is 0.522. The minimum atomic E-state index is -0.384. The number of carbonyl (C=O) groups is 1. The third-order valence-electron chi connectivity index (χ3n) is 4.29. The highest BCUT2D eigenvalue weighted by molar-refractivity contribution is 6.34. The van der Waals surface area contributed by atoms with Crippen molar-refractivity contribution in [3.63, 3.8) is 0 Å². The van der Waals surface area contributed by atoms with E-state index in [0.29, 0.717) is 40.7 Å². The molecular formula is C21H17ClN2O4. The predicted molar refractivity (Wildman–Crippen MR) is 109 cm³/mol. The summed E-state index contributed by atoms with van der Waals surface area (Å²) in [5, 5.41) is 4.79. The molecule has 0 atom stereocenters. The van der Waals surface area contributed by atoms with Gasteiger partial charge in [0.2, 0.25) is 0 Å². The maximum atomic E-state index is 13.1. The summed E-state index contributed by atoms with van der Waals surface area (Å²) < 4.78 is 16.8. The molecule has 3 aromatic rings. The van der Waals surface area contributed by atoms with E-state index in [9.17, 15) is 4.79 Å². The quantitative estimate of drug-likeness (QED) is 0.704. The standard InChI is InChI=1S/C21H17ClN2O4/c1-26-18-12-15(20(25)24-17-9-5-4-8-16(17)22)19(28-21-23-10-11-27-21)14-7-3-2-6-13(14)18/h2-9,12H,10-11H2,1H3,(H,24,25). The van der Waals surface area contributed by atoms with E-state index in [2.05, 4.69) is 10.3 Å². The first-order chi connectivity index (χ1) is 13.7. The number of methoxy groups -OCH3 is 1. The normalized spacial score (nSPS) is 13.0. The summed E-state index contributed by atoms with van der Waals surface area (Å²) in [6.45, 7) is 0.967. The molecule has 1 N–H and O–H groups in total. The maximum absolute atomic E-state index is 13.1. The highest BCUT2D eigenvalue weighted by atomic mass is 35.5. The predicted octanol–water partition coefficient (Wildman–Crippen LogP) is 4.52. The Morgan fingerprint density at radius 3 is 2.61 bits per heavy atom. The zero-order valence-electron chi connectivity index (χ0n) is 15.1. The number of nitrogens with one attached hydrogen (secondary N) is 1. The Bertz CT molecular complexity index is 1080. The van der Waals surface area contributed by atoms with E-state index < -0.39 is 0 Å². The van der Waals surface area contributed by atoms with E-state index in [1.165, 1.54) is 0 Å². The van der Waals surface area contributed by atoms with E-state index in [0.717, 1.165) is 5.39 Å². The van der Waals surface area contributed by atoms with Crippen LogP contribution in [0, 0.1) is 0 Å². The minimum absolute atomic E-state index is 0.141. The number of amides is 1. The Labute approximate surface area is 166 Å². The lowest BCUT2D eigenvalue weighted by molar-refractivity contribution is 0.102. The van der Waals surface area contributed by atoms with Gasteiger partial charge in [0.25, 0.3) is 5.91 Å². The lowest BCUT2D eigenvalue weighted by Gasteiger charge is -2.16. The lowest BCUT2D eigenvalue weighted by Crippen LogP contribution is -2.17.